The van der Waals surface area contributed by atoms with Crippen molar-refractivity contribution in [1.29, 1.82) is 0 Å². The molecule has 0 bridgehead atoms. The Bertz CT molecular complexity index is 626. The van der Waals surface area contributed by atoms with Gasteiger partial charge in [-0.3, -0.25) is 4.79 Å². The maximum absolute atomic E-state index is 12.2. The zero-order valence-electron chi connectivity index (χ0n) is 11.1. The number of anilines is 2. The van der Waals surface area contributed by atoms with E-state index in [0.29, 0.717) is 22.7 Å². The zero-order chi connectivity index (χ0) is 14.5. The van der Waals surface area contributed by atoms with E-state index in [2.05, 4.69) is 5.32 Å². The molecule has 0 saturated heterocycles. The molecule has 2 aromatic carbocycles. The third-order valence-corrected chi connectivity index (χ3v) is 2.84. The summed E-state index contributed by atoms with van der Waals surface area (Å²) in [5.41, 5.74) is 7.92. The van der Waals surface area contributed by atoms with Crippen LogP contribution in [0.5, 0.6) is 5.75 Å². The van der Waals surface area contributed by atoms with Crippen LogP contribution in [-0.4, -0.2) is 18.1 Å². The molecule has 2 rings (SSSR count). The van der Waals surface area contributed by atoms with E-state index in [9.17, 15) is 4.79 Å². The Balaban J connectivity index is 2.23. The van der Waals surface area contributed by atoms with Gasteiger partial charge in [0.2, 0.25) is 0 Å². The van der Waals surface area contributed by atoms with Gasteiger partial charge in [0, 0.05) is 17.4 Å². The standard InChI is InChI=1S/C15H16N2O3/c1-20-14-8-11(16)5-6-13(14)15(19)17-12-4-2-3-10(7-12)9-18/h2-8,18H,9,16H2,1H3,(H,17,19). The van der Waals surface area contributed by atoms with Gasteiger partial charge in [0.05, 0.1) is 19.3 Å². The topological polar surface area (TPSA) is 84.6 Å². The second-order valence-electron chi connectivity index (χ2n) is 4.27. The van der Waals surface area contributed by atoms with E-state index < -0.39 is 0 Å². The number of nitrogens with two attached hydrogens (primary N) is 1. The third-order valence-electron chi connectivity index (χ3n) is 2.84. The fourth-order valence-corrected chi connectivity index (χ4v) is 1.84. The summed E-state index contributed by atoms with van der Waals surface area (Å²) in [4.78, 5) is 12.2. The summed E-state index contributed by atoms with van der Waals surface area (Å²) in [6.45, 7) is -0.0745. The molecule has 0 aliphatic heterocycles. The van der Waals surface area contributed by atoms with Gasteiger partial charge in [0.1, 0.15) is 5.75 Å². The predicted octanol–water partition coefficient (Wildman–Crippen LogP) is 2.02. The molecule has 0 aliphatic rings. The van der Waals surface area contributed by atoms with Gasteiger partial charge < -0.3 is 20.9 Å². The number of carbonyl (C=O) groups is 1. The SMILES string of the molecule is COc1cc(N)ccc1C(=O)Nc1cccc(CO)c1. The number of methoxy groups -OCH3 is 1. The largest absolute Gasteiger partial charge is 0.496 e. The highest BCUT2D eigenvalue weighted by Gasteiger charge is 2.12. The quantitative estimate of drug-likeness (QED) is 0.743. The van der Waals surface area contributed by atoms with Crippen LogP contribution in [0, 0.1) is 0 Å². The van der Waals surface area contributed by atoms with Crippen LogP contribution in [0.1, 0.15) is 15.9 Å². The number of benzene rings is 2. The Hall–Kier alpha value is -2.53. The number of aliphatic hydroxyl groups excluding tert-OH is 1. The molecule has 0 aliphatic carbocycles. The molecule has 5 nitrogen and oxygen atoms in total. The maximum atomic E-state index is 12.2. The van der Waals surface area contributed by atoms with E-state index in [1.165, 1.54) is 7.11 Å². The van der Waals surface area contributed by atoms with Gasteiger partial charge in [-0.1, -0.05) is 12.1 Å². The van der Waals surface area contributed by atoms with E-state index in [1.54, 1.807) is 42.5 Å². The van der Waals surface area contributed by atoms with E-state index >= 15 is 0 Å². The molecule has 5 heteroatoms. The Morgan fingerprint density at radius 2 is 2.10 bits per heavy atom. The van der Waals surface area contributed by atoms with E-state index in [-0.39, 0.29) is 12.5 Å². The van der Waals surface area contributed by atoms with E-state index in [0.717, 1.165) is 5.56 Å². The maximum Gasteiger partial charge on any atom is 0.259 e. The Morgan fingerprint density at radius 3 is 2.80 bits per heavy atom. The summed E-state index contributed by atoms with van der Waals surface area (Å²) in [7, 11) is 1.48. The fourth-order valence-electron chi connectivity index (χ4n) is 1.84. The monoisotopic (exact) mass is 272 g/mol. The summed E-state index contributed by atoms with van der Waals surface area (Å²) >= 11 is 0. The van der Waals surface area contributed by atoms with Crippen LogP contribution < -0.4 is 15.8 Å². The smallest absolute Gasteiger partial charge is 0.259 e. The highest BCUT2D eigenvalue weighted by atomic mass is 16.5. The molecule has 0 saturated carbocycles. The molecular weight excluding hydrogens is 256 g/mol. The van der Waals surface area contributed by atoms with Gasteiger partial charge in [-0.2, -0.15) is 0 Å². The van der Waals surface area contributed by atoms with E-state index in [1.807, 2.05) is 0 Å². The number of amides is 1. The molecule has 2 aromatic rings. The Kier molecular flexibility index (Phi) is 4.22. The number of ether oxygens (including phenoxy) is 1. The molecule has 4 N–H and O–H groups in total. The van der Waals surface area contributed by atoms with Crippen LogP contribution in [-0.2, 0) is 6.61 Å². The average molecular weight is 272 g/mol. The Labute approximate surface area is 117 Å². The summed E-state index contributed by atoms with van der Waals surface area (Å²) in [6, 6.07) is 11.9. The number of aliphatic hydroxyl groups is 1. The highest BCUT2D eigenvalue weighted by Crippen LogP contribution is 2.22. The van der Waals surface area contributed by atoms with Gasteiger partial charge in [-0.15, -0.1) is 0 Å². The number of hydrogen-bond donors (Lipinski definition) is 3. The van der Waals surface area contributed by atoms with Gasteiger partial charge in [0.25, 0.3) is 5.91 Å². The Morgan fingerprint density at radius 1 is 1.30 bits per heavy atom. The summed E-state index contributed by atoms with van der Waals surface area (Å²) < 4.78 is 5.15. The number of hydrogen-bond acceptors (Lipinski definition) is 4. The fraction of sp³-hybridized carbons (Fsp3) is 0.133. The first-order valence-corrected chi connectivity index (χ1v) is 6.08. The second-order valence-corrected chi connectivity index (χ2v) is 4.27. The van der Waals surface area contributed by atoms with Crippen LogP contribution in [0.3, 0.4) is 0 Å². The van der Waals surface area contributed by atoms with Crippen molar-refractivity contribution >= 4 is 17.3 Å². The molecule has 0 aromatic heterocycles. The minimum Gasteiger partial charge on any atom is -0.496 e. The lowest BCUT2D eigenvalue weighted by atomic mass is 10.1. The third kappa shape index (κ3) is 3.07. The van der Waals surface area contributed by atoms with Crippen molar-refractivity contribution in [3.8, 4) is 5.75 Å². The van der Waals surface area contributed by atoms with E-state index in [4.69, 9.17) is 15.6 Å². The summed E-state index contributed by atoms with van der Waals surface area (Å²) in [6.07, 6.45) is 0. The number of nitrogen functional groups attached to an aromatic ring is 1. The lowest BCUT2D eigenvalue weighted by molar-refractivity contribution is 0.102. The van der Waals surface area contributed by atoms with Gasteiger partial charge in [-0.25, -0.2) is 0 Å². The molecule has 0 unspecified atom stereocenters. The molecule has 0 radical (unpaired) electrons. The first-order valence-electron chi connectivity index (χ1n) is 6.08. The summed E-state index contributed by atoms with van der Waals surface area (Å²) in [5, 5.41) is 11.8. The lowest BCUT2D eigenvalue weighted by Gasteiger charge is -2.10. The molecular formula is C15H16N2O3. The first kappa shape index (κ1) is 13.9. The van der Waals surface area contributed by atoms with Crippen molar-refractivity contribution in [3.63, 3.8) is 0 Å². The summed E-state index contributed by atoms with van der Waals surface area (Å²) in [5.74, 6) is 0.123. The average Bonchev–Trinajstić information content (AvgIpc) is 2.47. The minimum atomic E-state index is -0.295. The van der Waals surface area contributed by atoms with Crippen LogP contribution in [0.2, 0.25) is 0 Å². The van der Waals surface area contributed by atoms with Crippen LogP contribution in [0.15, 0.2) is 42.5 Å². The van der Waals surface area contributed by atoms with Crippen molar-refractivity contribution in [3.05, 3.63) is 53.6 Å². The predicted molar refractivity (Wildman–Crippen MR) is 77.7 cm³/mol. The minimum absolute atomic E-state index is 0.0745. The number of carbonyl (C=O) groups excluding carboxylic acids is 1. The van der Waals surface area contributed by atoms with Crippen molar-refractivity contribution < 1.29 is 14.6 Å². The van der Waals surface area contributed by atoms with Crippen molar-refractivity contribution in [2.45, 2.75) is 6.61 Å². The van der Waals surface area contributed by atoms with Gasteiger partial charge in [-0.05, 0) is 29.8 Å². The molecule has 0 heterocycles. The van der Waals surface area contributed by atoms with Crippen LogP contribution in [0.4, 0.5) is 11.4 Å². The molecule has 1 amide bonds. The highest BCUT2D eigenvalue weighted by molar-refractivity contribution is 6.06. The molecule has 0 fully saturated rings. The molecule has 0 spiro atoms. The van der Waals surface area contributed by atoms with Crippen molar-refractivity contribution in [2.24, 2.45) is 0 Å². The number of rotatable bonds is 4. The van der Waals surface area contributed by atoms with Crippen LogP contribution in [0.25, 0.3) is 0 Å². The molecule has 0 atom stereocenters. The normalized spacial score (nSPS) is 10.1. The van der Waals surface area contributed by atoms with Crippen molar-refractivity contribution in [2.75, 3.05) is 18.2 Å². The van der Waals surface area contributed by atoms with Gasteiger partial charge in [0.15, 0.2) is 0 Å². The number of nitrogens with one attached hydrogen (secondary N) is 1. The second kappa shape index (κ2) is 6.08. The zero-order valence-corrected chi connectivity index (χ0v) is 11.1. The molecule has 20 heavy (non-hydrogen) atoms. The van der Waals surface area contributed by atoms with Crippen LogP contribution >= 0.6 is 0 Å². The first-order chi connectivity index (χ1) is 9.63. The molecule has 104 valence electrons. The lowest BCUT2D eigenvalue weighted by Crippen LogP contribution is -2.13. The van der Waals surface area contributed by atoms with Gasteiger partial charge >= 0.3 is 0 Å². The van der Waals surface area contributed by atoms with Crippen molar-refractivity contribution in [1.82, 2.24) is 0 Å².